The van der Waals surface area contributed by atoms with E-state index in [9.17, 15) is 4.79 Å². The fourth-order valence-electron chi connectivity index (χ4n) is 1.67. The van der Waals surface area contributed by atoms with Gasteiger partial charge in [-0.25, -0.2) is 0 Å². The molecule has 0 bridgehead atoms. The van der Waals surface area contributed by atoms with Gasteiger partial charge in [-0.2, -0.15) is 0 Å². The lowest BCUT2D eigenvalue weighted by Gasteiger charge is -2.12. The summed E-state index contributed by atoms with van der Waals surface area (Å²) in [4.78, 5) is 12.0. The fraction of sp³-hybridized carbons (Fsp3) is 0.214. The maximum atomic E-state index is 12.0. The second-order valence-corrected chi connectivity index (χ2v) is 4.28. The molecule has 3 N–H and O–H groups in total. The molecule has 2 rings (SSSR count). The van der Waals surface area contributed by atoms with E-state index in [-0.39, 0.29) is 11.9 Å². The van der Waals surface area contributed by atoms with Crippen LogP contribution in [0.25, 0.3) is 0 Å². The summed E-state index contributed by atoms with van der Waals surface area (Å²) in [6.45, 7) is 3.77. The molecule has 18 heavy (non-hydrogen) atoms. The first-order chi connectivity index (χ1) is 8.58. The van der Waals surface area contributed by atoms with Gasteiger partial charge in [0, 0.05) is 11.3 Å². The van der Waals surface area contributed by atoms with Crippen molar-refractivity contribution >= 4 is 11.6 Å². The second-order valence-electron chi connectivity index (χ2n) is 4.28. The van der Waals surface area contributed by atoms with Crippen LogP contribution in [0, 0.1) is 6.92 Å². The number of hydrogen-bond acceptors (Lipinski definition) is 3. The minimum absolute atomic E-state index is 0.161. The molecule has 0 spiro atoms. The molecule has 0 aliphatic rings. The number of anilines is 1. The SMILES string of the molecule is Cc1ccc(C(=O)N[C@H](C)c2ccco2)cc1N. The molecule has 0 saturated carbocycles. The number of furan rings is 1. The summed E-state index contributed by atoms with van der Waals surface area (Å²) in [6.07, 6.45) is 1.59. The number of nitrogens with one attached hydrogen (secondary N) is 1. The number of carbonyl (C=O) groups excluding carboxylic acids is 1. The molecule has 4 heteroatoms. The Morgan fingerprint density at radius 2 is 2.17 bits per heavy atom. The van der Waals surface area contributed by atoms with E-state index in [0.29, 0.717) is 11.3 Å². The highest BCUT2D eigenvalue weighted by molar-refractivity contribution is 5.95. The van der Waals surface area contributed by atoms with Gasteiger partial charge in [-0.3, -0.25) is 4.79 Å². The molecule has 0 saturated heterocycles. The number of carbonyl (C=O) groups is 1. The highest BCUT2D eigenvalue weighted by atomic mass is 16.3. The lowest BCUT2D eigenvalue weighted by Crippen LogP contribution is -2.26. The third-order valence-corrected chi connectivity index (χ3v) is 2.86. The van der Waals surface area contributed by atoms with Crippen molar-refractivity contribution in [3.63, 3.8) is 0 Å². The minimum atomic E-state index is -0.171. The van der Waals surface area contributed by atoms with Crippen molar-refractivity contribution in [2.45, 2.75) is 19.9 Å². The Kier molecular flexibility index (Phi) is 3.37. The van der Waals surface area contributed by atoms with Crippen molar-refractivity contribution in [3.8, 4) is 0 Å². The molecule has 1 atom stereocenters. The fourth-order valence-corrected chi connectivity index (χ4v) is 1.67. The monoisotopic (exact) mass is 244 g/mol. The number of hydrogen-bond donors (Lipinski definition) is 2. The minimum Gasteiger partial charge on any atom is -0.467 e. The predicted molar refractivity (Wildman–Crippen MR) is 70.2 cm³/mol. The molecule has 1 aromatic heterocycles. The topological polar surface area (TPSA) is 68.3 Å². The van der Waals surface area contributed by atoms with E-state index < -0.39 is 0 Å². The molecule has 0 fully saturated rings. The Labute approximate surface area is 106 Å². The van der Waals surface area contributed by atoms with Crippen molar-refractivity contribution in [1.29, 1.82) is 0 Å². The van der Waals surface area contributed by atoms with Crippen LogP contribution in [-0.2, 0) is 0 Å². The van der Waals surface area contributed by atoms with Gasteiger partial charge in [0.15, 0.2) is 0 Å². The number of nitrogen functional groups attached to an aromatic ring is 1. The second kappa shape index (κ2) is 4.96. The molecule has 0 aliphatic heterocycles. The van der Waals surface area contributed by atoms with E-state index in [0.717, 1.165) is 11.3 Å². The van der Waals surface area contributed by atoms with Crippen LogP contribution in [-0.4, -0.2) is 5.91 Å². The summed E-state index contributed by atoms with van der Waals surface area (Å²) in [6, 6.07) is 8.73. The first kappa shape index (κ1) is 12.2. The molecule has 4 nitrogen and oxygen atoms in total. The molecule has 94 valence electrons. The van der Waals surface area contributed by atoms with E-state index in [2.05, 4.69) is 5.32 Å². The van der Waals surface area contributed by atoms with Crippen LogP contribution in [0.4, 0.5) is 5.69 Å². The Morgan fingerprint density at radius 3 is 2.78 bits per heavy atom. The average molecular weight is 244 g/mol. The van der Waals surface area contributed by atoms with Gasteiger partial charge in [0.25, 0.3) is 5.91 Å². The van der Waals surface area contributed by atoms with E-state index in [4.69, 9.17) is 10.2 Å². The highest BCUT2D eigenvalue weighted by Crippen LogP contribution is 2.16. The summed E-state index contributed by atoms with van der Waals surface area (Å²) >= 11 is 0. The maximum Gasteiger partial charge on any atom is 0.251 e. The van der Waals surface area contributed by atoms with Crippen molar-refractivity contribution in [3.05, 3.63) is 53.5 Å². The smallest absolute Gasteiger partial charge is 0.251 e. The van der Waals surface area contributed by atoms with Gasteiger partial charge >= 0.3 is 0 Å². The molecular formula is C14H16N2O2. The normalized spacial score (nSPS) is 12.1. The number of aryl methyl sites for hydroxylation is 1. The predicted octanol–water partition coefficient (Wildman–Crippen LogP) is 2.66. The van der Waals surface area contributed by atoms with Gasteiger partial charge in [-0.15, -0.1) is 0 Å². The zero-order valence-corrected chi connectivity index (χ0v) is 10.4. The van der Waals surface area contributed by atoms with Crippen molar-refractivity contribution in [1.82, 2.24) is 5.32 Å². The van der Waals surface area contributed by atoms with Gasteiger partial charge < -0.3 is 15.5 Å². The number of benzene rings is 1. The quantitative estimate of drug-likeness (QED) is 0.815. The Bertz CT molecular complexity index is 547. The number of rotatable bonds is 3. The molecule has 0 unspecified atom stereocenters. The number of nitrogens with two attached hydrogens (primary N) is 1. The Balaban J connectivity index is 2.10. The molecular weight excluding hydrogens is 228 g/mol. The van der Waals surface area contributed by atoms with Gasteiger partial charge in [0.05, 0.1) is 12.3 Å². The Morgan fingerprint density at radius 1 is 1.39 bits per heavy atom. The van der Waals surface area contributed by atoms with Crippen LogP contribution in [0.15, 0.2) is 41.0 Å². The summed E-state index contributed by atoms with van der Waals surface area (Å²) in [5, 5.41) is 2.86. The van der Waals surface area contributed by atoms with Crippen LogP contribution in [0.5, 0.6) is 0 Å². The lowest BCUT2D eigenvalue weighted by atomic mass is 10.1. The highest BCUT2D eigenvalue weighted by Gasteiger charge is 2.13. The van der Waals surface area contributed by atoms with Crippen LogP contribution < -0.4 is 11.1 Å². The van der Waals surface area contributed by atoms with E-state index in [1.54, 1.807) is 24.5 Å². The van der Waals surface area contributed by atoms with Crippen molar-refractivity contribution in [2.75, 3.05) is 5.73 Å². The van der Waals surface area contributed by atoms with E-state index in [1.807, 2.05) is 26.0 Å². The summed E-state index contributed by atoms with van der Waals surface area (Å²) < 4.78 is 5.24. The standard InChI is InChI=1S/C14H16N2O2/c1-9-5-6-11(8-12(9)15)14(17)16-10(2)13-4-3-7-18-13/h3-8,10H,15H2,1-2H3,(H,16,17)/t10-/m1/s1. The zero-order valence-electron chi connectivity index (χ0n) is 10.4. The molecule has 0 radical (unpaired) electrons. The first-order valence-electron chi connectivity index (χ1n) is 5.78. The van der Waals surface area contributed by atoms with Crippen molar-refractivity contribution < 1.29 is 9.21 Å². The largest absolute Gasteiger partial charge is 0.467 e. The average Bonchev–Trinajstić information content (AvgIpc) is 2.86. The zero-order chi connectivity index (χ0) is 13.1. The van der Waals surface area contributed by atoms with Crippen LogP contribution >= 0.6 is 0 Å². The van der Waals surface area contributed by atoms with Gasteiger partial charge in [0.1, 0.15) is 5.76 Å². The third kappa shape index (κ3) is 2.53. The van der Waals surface area contributed by atoms with Gasteiger partial charge in [0.2, 0.25) is 0 Å². The molecule has 0 aliphatic carbocycles. The van der Waals surface area contributed by atoms with E-state index >= 15 is 0 Å². The van der Waals surface area contributed by atoms with Crippen LogP contribution in [0.1, 0.15) is 34.6 Å². The summed E-state index contributed by atoms with van der Waals surface area (Å²) in [5.41, 5.74) is 7.92. The van der Waals surface area contributed by atoms with Gasteiger partial charge in [-0.1, -0.05) is 6.07 Å². The van der Waals surface area contributed by atoms with Crippen LogP contribution in [0.2, 0.25) is 0 Å². The first-order valence-corrected chi connectivity index (χ1v) is 5.78. The summed E-state index contributed by atoms with van der Waals surface area (Å²) in [5.74, 6) is 0.564. The van der Waals surface area contributed by atoms with Gasteiger partial charge in [-0.05, 0) is 43.7 Å². The maximum absolute atomic E-state index is 12.0. The van der Waals surface area contributed by atoms with E-state index in [1.165, 1.54) is 0 Å². The number of amides is 1. The Hall–Kier alpha value is -2.23. The molecule has 1 heterocycles. The van der Waals surface area contributed by atoms with Crippen molar-refractivity contribution in [2.24, 2.45) is 0 Å². The van der Waals surface area contributed by atoms with Crippen LogP contribution in [0.3, 0.4) is 0 Å². The molecule has 2 aromatic rings. The summed E-state index contributed by atoms with van der Waals surface area (Å²) in [7, 11) is 0. The molecule has 1 aromatic carbocycles. The lowest BCUT2D eigenvalue weighted by molar-refractivity contribution is 0.0935. The third-order valence-electron chi connectivity index (χ3n) is 2.86. The molecule has 1 amide bonds.